The van der Waals surface area contributed by atoms with Gasteiger partial charge in [-0.3, -0.25) is 4.79 Å². The van der Waals surface area contributed by atoms with Gasteiger partial charge in [0.2, 0.25) is 0 Å². The summed E-state index contributed by atoms with van der Waals surface area (Å²) in [6.07, 6.45) is 0.640. The molecule has 2 rings (SSSR count). The van der Waals surface area contributed by atoms with Crippen LogP contribution in [0.1, 0.15) is 22.5 Å². The quantitative estimate of drug-likeness (QED) is 0.771. The van der Waals surface area contributed by atoms with Crippen molar-refractivity contribution in [3.8, 4) is 0 Å². The number of aliphatic carboxylic acids is 1. The Kier molecular flexibility index (Phi) is 2.89. The lowest BCUT2D eigenvalue weighted by Crippen LogP contribution is -2.40. The second-order valence-electron chi connectivity index (χ2n) is 4.13. The Balaban J connectivity index is 2.25. The van der Waals surface area contributed by atoms with Crippen LogP contribution < -0.4 is 0 Å². The summed E-state index contributed by atoms with van der Waals surface area (Å²) >= 11 is 0. The minimum Gasteiger partial charge on any atom is -0.480 e. The number of hydrogen-bond acceptors (Lipinski definition) is 4. The fourth-order valence-electron chi connectivity index (χ4n) is 1.99. The van der Waals surface area contributed by atoms with E-state index in [1.165, 1.54) is 6.26 Å². The Morgan fingerprint density at radius 2 is 2.24 bits per heavy atom. The lowest BCUT2D eigenvalue weighted by molar-refractivity contribution is -0.141. The fourth-order valence-corrected chi connectivity index (χ4v) is 1.99. The summed E-state index contributed by atoms with van der Waals surface area (Å²) in [4.78, 5) is 24.2. The zero-order valence-corrected chi connectivity index (χ0v) is 9.29. The molecule has 0 aromatic carbocycles. The van der Waals surface area contributed by atoms with E-state index >= 15 is 0 Å². The number of β-amino-alcohol motifs (C(OH)–C–C–N with tert-alkyl or cyclic N) is 1. The minimum absolute atomic E-state index is 0.0238. The van der Waals surface area contributed by atoms with Gasteiger partial charge in [-0.2, -0.15) is 0 Å². The normalized spacial score (nSPS) is 24.0. The third-order valence-corrected chi connectivity index (χ3v) is 2.88. The van der Waals surface area contributed by atoms with Crippen molar-refractivity contribution in [1.29, 1.82) is 0 Å². The van der Waals surface area contributed by atoms with Crippen LogP contribution in [0, 0.1) is 6.92 Å². The van der Waals surface area contributed by atoms with E-state index in [1.807, 2.05) is 0 Å². The van der Waals surface area contributed by atoms with E-state index in [-0.39, 0.29) is 18.7 Å². The van der Waals surface area contributed by atoms with Gasteiger partial charge in [0.25, 0.3) is 5.91 Å². The van der Waals surface area contributed by atoms with Gasteiger partial charge in [0.05, 0.1) is 12.4 Å². The third-order valence-electron chi connectivity index (χ3n) is 2.88. The van der Waals surface area contributed by atoms with Crippen LogP contribution in [0.4, 0.5) is 0 Å². The third kappa shape index (κ3) is 2.03. The average molecular weight is 239 g/mol. The summed E-state index contributed by atoms with van der Waals surface area (Å²) in [6.45, 7) is 1.73. The van der Waals surface area contributed by atoms with Crippen LogP contribution in [0.2, 0.25) is 0 Å². The Hall–Kier alpha value is -1.82. The predicted octanol–water partition coefficient (Wildman–Crippen LogP) is 0.248. The van der Waals surface area contributed by atoms with Crippen molar-refractivity contribution < 1.29 is 24.2 Å². The molecule has 1 saturated heterocycles. The van der Waals surface area contributed by atoms with Gasteiger partial charge in [-0.05, 0) is 13.0 Å². The number of carboxylic acids is 1. The molecule has 92 valence electrons. The largest absolute Gasteiger partial charge is 0.480 e. The zero-order chi connectivity index (χ0) is 12.6. The molecule has 2 heterocycles. The first-order chi connectivity index (χ1) is 8.00. The van der Waals surface area contributed by atoms with E-state index < -0.39 is 24.0 Å². The molecule has 1 aliphatic heterocycles. The van der Waals surface area contributed by atoms with Crippen LogP contribution in [0.25, 0.3) is 0 Å². The number of hydrogen-bond donors (Lipinski definition) is 2. The smallest absolute Gasteiger partial charge is 0.326 e. The molecule has 0 radical (unpaired) electrons. The van der Waals surface area contributed by atoms with E-state index in [1.54, 1.807) is 13.0 Å². The highest BCUT2D eigenvalue weighted by Crippen LogP contribution is 2.22. The second-order valence-corrected chi connectivity index (χ2v) is 4.13. The summed E-state index contributed by atoms with van der Waals surface area (Å²) in [5, 5.41) is 18.4. The average Bonchev–Trinajstić information content (AvgIpc) is 2.83. The van der Waals surface area contributed by atoms with Crippen molar-refractivity contribution in [2.45, 2.75) is 25.5 Å². The number of carboxylic acid groups (broad SMARTS) is 1. The molecule has 1 aromatic rings. The first-order valence-corrected chi connectivity index (χ1v) is 5.26. The number of furan rings is 1. The van der Waals surface area contributed by atoms with Gasteiger partial charge in [-0.25, -0.2) is 4.79 Å². The second kappa shape index (κ2) is 4.21. The van der Waals surface area contributed by atoms with Crippen LogP contribution in [-0.4, -0.2) is 45.7 Å². The van der Waals surface area contributed by atoms with Gasteiger partial charge in [0.1, 0.15) is 6.04 Å². The van der Waals surface area contributed by atoms with E-state index in [2.05, 4.69) is 0 Å². The Labute approximate surface area is 97.4 Å². The number of aliphatic hydroxyl groups excluding tert-OH is 1. The highest BCUT2D eigenvalue weighted by atomic mass is 16.4. The van der Waals surface area contributed by atoms with E-state index in [0.717, 1.165) is 4.90 Å². The van der Waals surface area contributed by atoms with Crippen LogP contribution >= 0.6 is 0 Å². The van der Waals surface area contributed by atoms with Gasteiger partial charge >= 0.3 is 5.97 Å². The highest BCUT2D eigenvalue weighted by molar-refractivity contribution is 5.95. The van der Waals surface area contributed by atoms with Crippen LogP contribution in [0.5, 0.6) is 0 Å². The summed E-state index contributed by atoms with van der Waals surface area (Å²) in [5.74, 6) is -1.47. The van der Waals surface area contributed by atoms with Crippen LogP contribution in [0.15, 0.2) is 16.7 Å². The number of amides is 1. The van der Waals surface area contributed by atoms with Gasteiger partial charge < -0.3 is 19.5 Å². The van der Waals surface area contributed by atoms with Crippen LogP contribution in [-0.2, 0) is 4.79 Å². The van der Waals surface area contributed by atoms with Crippen molar-refractivity contribution in [2.75, 3.05) is 6.54 Å². The maximum atomic E-state index is 12.0. The van der Waals surface area contributed by atoms with Gasteiger partial charge in [0, 0.05) is 18.5 Å². The zero-order valence-electron chi connectivity index (χ0n) is 9.29. The number of aryl methyl sites for hydroxylation is 1. The fraction of sp³-hybridized carbons (Fsp3) is 0.455. The van der Waals surface area contributed by atoms with Crippen LogP contribution in [0.3, 0.4) is 0 Å². The number of carbonyl (C=O) groups excluding carboxylic acids is 1. The molecule has 1 aromatic heterocycles. The number of nitrogens with zero attached hydrogens (tertiary/aromatic N) is 1. The lowest BCUT2D eigenvalue weighted by atomic mass is 10.2. The summed E-state index contributed by atoms with van der Waals surface area (Å²) in [5.41, 5.74) is 0.653. The molecule has 6 heteroatoms. The molecule has 2 N–H and O–H groups in total. The minimum atomic E-state index is -1.11. The van der Waals surface area contributed by atoms with Crippen molar-refractivity contribution >= 4 is 11.9 Å². The molecule has 1 amide bonds. The Bertz CT molecular complexity index is 452. The topological polar surface area (TPSA) is 91.0 Å². The first-order valence-electron chi connectivity index (χ1n) is 5.26. The van der Waals surface area contributed by atoms with Crippen molar-refractivity contribution in [3.05, 3.63) is 23.7 Å². The van der Waals surface area contributed by atoms with E-state index in [4.69, 9.17) is 9.52 Å². The number of carbonyl (C=O) groups is 2. The molecular formula is C11H13NO5. The summed E-state index contributed by atoms with van der Waals surface area (Å²) in [6, 6.07) is 0.650. The van der Waals surface area contributed by atoms with Gasteiger partial charge in [0.15, 0.2) is 5.76 Å². The molecule has 1 fully saturated rings. The molecule has 0 aliphatic carbocycles. The number of rotatable bonds is 2. The first kappa shape index (κ1) is 11.7. The van der Waals surface area contributed by atoms with Gasteiger partial charge in [-0.1, -0.05) is 0 Å². The molecule has 0 saturated carbocycles. The maximum absolute atomic E-state index is 12.0. The molecule has 1 aliphatic rings. The monoisotopic (exact) mass is 239 g/mol. The van der Waals surface area contributed by atoms with Crippen molar-refractivity contribution in [3.63, 3.8) is 0 Å². The Morgan fingerprint density at radius 1 is 1.53 bits per heavy atom. The standard InChI is InChI=1S/C11H13NO5/c1-6-2-3-17-9(6)10(14)12-5-7(13)4-8(12)11(15)16/h2-3,7-8,13H,4-5H2,1H3,(H,15,16)/t7?,8-/m0/s1. The Morgan fingerprint density at radius 3 is 2.76 bits per heavy atom. The molecule has 6 nitrogen and oxygen atoms in total. The molecule has 2 atom stereocenters. The predicted molar refractivity (Wildman–Crippen MR) is 56.5 cm³/mol. The molecular weight excluding hydrogens is 226 g/mol. The summed E-state index contributed by atoms with van der Waals surface area (Å²) in [7, 11) is 0. The molecule has 0 spiro atoms. The lowest BCUT2D eigenvalue weighted by Gasteiger charge is -2.20. The van der Waals surface area contributed by atoms with Gasteiger partial charge in [-0.15, -0.1) is 0 Å². The molecule has 17 heavy (non-hydrogen) atoms. The van der Waals surface area contributed by atoms with Crippen molar-refractivity contribution in [1.82, 2.24) is 4.90 Å². The highest BCUT2D eigenvalue weighted by Gasteiger charge is 2.40. The molecule has 0 bridgehead atoms. The van der Waals surface area contributed by atoms with E-state index in [9.17, 15) is 14.7 Å². The SMILES string of the molecule is Cc1ccoc1C(=O)N1CC(O)C[C@H]1C(=O)O. The van der Waals surface area contributed by atoms with Crippen molar-refractivity contribution in [2.24, 2.45) is 0 Å². The molecule has 1 unspecified atom stereocenters. The number of aliphatic hydroxyl groups is 1. The maximum Gasteiger partial charge on any atom is 0.326 e. The number of likely N-dealkylation sites (tertiary alicyclic amines) is 1. The van der Waals surface area contributed by atoms with E-state index in [0.29, 0.717) is 5.56 Å². The summed E-state index contributed by atoms with van der Waals surface area (Å²) < 4.78 is 5.04.